The lowest BCUT2D eigenvalue weighted by Crippen LogP contribution is -2.34. The van der Waals surface area contributed by atoms with Gasteiger partial charge in [0.1, 0.15) is 0 Å². The Balaban J connectivity index is 2.96. The van der Waals surface area contributed by atoms with Crippen LogP contribution in [0.3, 0.4) is 0 Å². The molecule has 0 bridgehead atoms. The van der Waals surface area contributed by atoms with Crippen LogP contribution in [0.2, 0.25) is 15.1 Å². The lowest BCUT2D eigenvalue weighted by atomic mass is 10.1. The van der Waals surface area contributed by atoms with Crippen LogP contribution in [-0.2, 0) is 0 Å². The molecule has 94 valence electrons. The van der Waals surface area contributed by atoms with E-state index in [0.717, 1.165) is 12.8 Å². The Kier molecular flexibility index (Phi) is 5.57. The van der Waals surface area contributed by atoms with Gasteiger partial charge in [0.2, 0.25) is 0 Å². The fraction of sp³-hybridized carbons (Fsp3) is 0.417. The van der Waals surface area contributed by atoms with E-state index >= 15 is 0 Å². The molecule has 0 aliphatic carbocycles. The number of halogens is 3. The highest BCUT2D eigenvalue weighted by Gasteiger charge is 2.16. The molecule has 1 amide bonds. The van der Waals surface area contributed by atoms with E-state index in [-0.39, 0.29) is 22.0 Å². The molecule has 17 heavy (non-hydrogen) atoms. The van der Waals surface area contributed by atoms with Crippen molar-refractivity contribution in [3.8, 4) is 0 Å². The van der Waals surface area contributed by atoms with E-state index in [2.05, 4.69) is 5.32 Å². The van der Waals surface area contributed by atoms with Crippen LogP contribution in [-0.4, -0.2) is 11.9 Å². The van der Waals surface area contributed by atoms with Crippen LogP contribution in [0.1, 0.15) is 37.0 Å². The Labute approximate surface area is 116 Å². The standard InChI is InChI=1S/C12H14Cl3NO/c1-3-8(4-2)16-12(17)9-5-7(13)6-10(14)11(9)15/h5-6,8H,3-4H2,1-2H3,(H,16,17). The molecule has 0 unspecified atom stereocenters. The monoisotopic (exact) mass is 293 g/mol. The zero-order chi connectivity index (χ0) is 13.0. The van der Waals surface area contributed by atoms with Crippen LogP contribution in [0.4, 0.5) is 0 Å². The van der Waals surface area contributed by atoms with Crippen LogP contribution in [0, 0.1) is 0 Å². The molecule has 1 rings (SSSR count). The lowest BCUT2D eigenvalue weighted by molar-refractivity contribution is 0.0935. The third kappa shape index (κ3) is 3.77. The topological polar surface area (TPSA) is 29.1 Å². The van der Waals surface area contributed by atoms with E-state index < -0.39 is 0 Å². The molecule has 2 nitrogen and oxygen atoms in total. The van der Waals surface area contributed by atoms with Crippen molar-refractivity contribution in [1.82, 2.24) is 5.32 Å². The average molecular weight is 295 g/mol. The summed E-state index contributed by atoms with van der Waals surface area (Å²) in [7, 11) is 0. The summed E-state index contributed by atoms with van der Waals surface area (Å²) in [5, 5.41) is 3.81. The van der Waals surface area contributed by atoms with Gasteiger partial charge < -0.3 is 5.32 Å². The fourth-order valence-electron chi connectivity index (χ4n) is 1.48. The number of amides is 1. The van der Waals surface area contributed by atoms with Crippen molar-refractivity contribution in [1.29, 1.82) is 0 Å². The molecule has 0 heterocycles. The van der Waals surface area contributed by atoms with Crippen LogP contribution in [0.5, 0.6) is 0 Å². The smallest absolute Gasteiger partial charge is 0.253 e. The van der Waals surface area contributed by atoms with E-state index in [1.165, 1.54) is 12.1 Å². The zero-order valence-corrected chi connectivity index (χ0v) is 12.0. The molecule has 1 aromatic carbocycles. The number of benzene rings is 1. The molecule has 1 aromatic rings. The van der Waals surface area contributed by atoms with Crippen molar-refractivity contribution in [2.24, 2.45) is 0 Å². The minimum Gasteiger partial charge on any atom is -0.349 e. The molecule has 0 saturated carbocycles. The van der Waals surface area contributed by atoms with Crippen molar-refractivity contribution < 1.29 is 4.79 Å². The lowest BCUT2D eigenvalue weighted by Gasteiger charge is -2.15. The Hall–Kier alpha value is -0.440. The van der Waals surface area contributed by atoms with Gasteiger partial charge in [0.05, 0.1) is 15.6 Å². The third-order valence-electron chi connectivity index (χ3n) is 2.56. The summed E-state index contributed by atoms with van der Waals surface area (Å²) < 4.78 is 0. The molecule has 0 aliphatic heterocycles. The van der Waals surface area contributed by atoms with Crippen LogP contribution in [0.15, 0.2) is 12.1 Å². The molecule has 0 radical (unpaired) electrons. The predicted molar refractivity (Wildman–Crippen MR) is 73.3 cm³/mol. The molecule has 0 fully saturated rings. The maximum absolute atomic E-state index is 12.0. The van der Waals surface area contributed by atoms with Gasteiger partial charge in [-0.15, -0.1) is 0 Å². The summed E-state index contributed by atoms with van der Waals surface area (Å²) in [6.07, 6.45) is 1.74. The summed E-state index contributed by atoms with van der Waals surface area (Å²) in [6.45, 7) is 4.03. The van der Waals surface area contributed by atoms with Gasteiger partial charge in [-0.3, -0.25) is 4.79 Å². The van der Waals surface area contributed by atoms with Crippen molar-refractivity contribution in [2.45, 2.75) is 32.7 Å². The first-order valence-corrected chi connectivity index (χ1v) is 6.58. The number of carbonyl (C=O) groups excluding carboxylic acids is 1. The summed E-state index contributed by atoms with van der Waals surface area (Å²) in [5.41, 5.74) is 0.316. The van der Waals surface area contributed by atoms with E-state index in [0.29, 0.717) is 10.6 Å². The summed E-state index contributed by atoms with van der Waals surface area (Å²) in [5.74, 6) is -0.242. The first-order valence-electron chi connectivity index (χ1n) is 5.45. The average Bonchev–Trinajstić information content (AvgIpc) is 2.30. The second-order valence-electron chi connectivity index (χ2n) is 3.74. The van der Waals surface area contributed by atoms with Crippen LogP contribution in [0.25, 0.3) is 0 Å². The van der Waals surface area contributed by atoms with Crippen LogP contribution >= 0.6 is 34.8 Å². The van der Waals surface area contributed by atoms with E-state index in [1.807, 2.05) is 13.8 Å². The Bertz CT molecular complexity index is 416. The minimum absolute atomic E-state index is 0.135. The van der Waals surface area contributed by atoms with Crippen molar-refractivity contribution >= 4 is 40.7 Å². The number of hydrogen-bond donors (Lipinski definition) is 1. The molecule has 0 spiro atoms. The first-order chi connectivity index (χ1) is 7.99. The maximum atomic E-state index is 12.0. The predicted octanol–water partition coefficient (Wildman–Crippen LogP) is 4.57. The Morgan fingerprint density at radius 3 is 2.35 bits per heavy atom. The number of rotatable bonds is 4. The maximum Gasteiger partial charge on any atom is 0.253 e. The van der Waals surface area contributed by atoms with Gasteiger partial charge in [-0.05, 0) is 25.0 Å². The Morgan fingerprint density at radius 2 is 1.82 bits per heavy atom. The summed E-state index contributed by atoms with van der Waals surface area (Å²) in [6, 6.07) is 3.17. The quantitative estimate of drug-likeness (QED) is 0.810. The molecule has 0 aliphatic rings. The van der Waals surface area contributed by atoms with E-state index in [4.69, 9.17) is 34.8 Å². The molecular weight excluding hydrogens is 280 g/mol. The summed E-state index contributed by atoms with van der Waals surface area (Å²) in [4.78, 5) is 12.0. The van der Waals surface area contributed by atoms with Crippen molar-refractivity contribution in [3.63, 3.8) is 0 Å². The summed E-state index contributed by atoms with van der Waals surface area (Å²) >= 11 is 17.7. The second kappa shape index (κ2) is 6.48. The third-order valence-corrected chi connectivity index (χ3v) is 3.58. The van der Waals surface area contributed by atoms with Gasteiger partial charge in [-0.2, -0.15) is 0 Å². The molecule has 0 atom stereocenters. The number of carbonyl (C=O) groups is 1. The van der Waals surface area contributed by atoms with Gasteiger partial charge in [0.25, 0.3) is 5.91 Å². The SMILES string of the molecule is CCC(CC)NC(=O)c1cc(Cl)cc(Cl)c1Cl. The molecule has 0 aromatic heterocycles. The van der Waals surface area contributed by atoms with Crippen molar-refractivity contribution in [2.75, 3.05) is 0 Å². The van der Waals surface area contributed by atoms with Crippen molar-refractivity contribution in [3.05, 3.63) is 32.8 Å². The Morgan fingerprint density at radius 1 is 1.24 bits per heavy atom. The largest absolute Gasteiger partial charge is 0.349 e. The van der Waals surface area contributed by atoms with E-state index in [9.17, 15) is 4.79 Å². The molecule has 5 heteroatoms. The normalized spacial score (nSPS) is 10.7. The van der Waals surface area contributed by atoms with Gasteiger partial charge in [0.15, 0.2) is 0 Å². The number of hydrogen-bond acceptors (Lipinski definition) is 1. The molecule has 1 N–H and O–H groups in total. The highest BCUT2D eigenvalue weighted by Crippen LogP contribution is 2.29. The second-order valence-corrected chi connectivity index (χ2v) is 4.96. The number of nitrogens with one attached hydrogen (secondary N) is 1. The molecule has 0 saturated heterocycles. The highest BCUT2D eigenvalue weighted by atomic mass is 35.5. The minimum atomic E-state index is -0.242. The zero-order valence-electron chi connectivity index (χ0n) is 9.69. The van der Waals surface area contributed by atoms with Gasteiger partial charge >= 0.3 is 0 Å². The van der Waals surface area contributed by atoms with Gasteiger partial charge in [-0.25, -0.2) is 0 Å². The first kappa shape index (κ1) is 14.6. The van der Waals surface area contributed by atoms with Gasteiger partial charge in [0, 0.05) is 11.1 Å². The van der Waals surface area contributed by atoms with Crippen LogP contribution < -0.4 is 5.32 Å². The van der Waals surface area contributed by atoms with E-state index in [1.54, 1.807) is 0 Å². The molecular formula is C12H14Cl3NO. The fourth-order valence-corrected chi connectivity index (χ4v) is 2.17. The highest BCUT2D eigenvalue weighted by molar-refractivity contribution is 6.45. The van der Waals surface area contributed by atoms with Gasteiger partial charge in [-0.1, -0.05) is 48.7 Å².